The minimum Gasteiger partial charge on any atom is -0.396 e. The lowest BCUT2D eigenvalue weighted by molar-refractivity contribution is 0.149. The number of hydrogen-bond donors (Lipinski definition) is 2. The summed E-state index contributed by atoms with van der Waals surface area (Å²) < 4.78 is 13.8. The van der Waals surface area contributed by atoms with E-state index in [4.69, 9.17) is 0 Å². The Bertz CT molecular complexity index is 625. The molecule has 4 heteroatoms. The lowest BCUT2D eigenvalue weighted by atomic mass is 9.89. The first-order valence-corrected chi connectivity index (χ1v) is 7.33. The van der Waals surface area contributed by atoms with Crippen molar-refractivity contribution in [2.75, 3.05) is 18.5 Å². The van der Waals surface area contributed by atoms with Crippen molar-refractivity contribution in [1.29, 1.82) is 0 Å². The van der Waals surface area contributed by atoms with Crippen molar-refractivity contribution in [3.8, 4) is 0 Å². The van der Waals surface area contributed by atoms with Gasteiger partial charge in [-0.05, 0) is 37.3 Å². The van der Waals surface area contributed by atoms with Crippen LogP contribution in [-0.2, 0) is 0 Å². The van der Waals surface area contributed by atoms with Crippen molar-refractivity contribution < 1.29 is 9.50 Å². The van der Waals surface area contributed by atoms with E-state index < -0.39 is 0 Å². The molecule has 0 spiro atoms. The smallest absolute Gasteiger partial charge is 0.149 e. The Hall–Kier alpha value is -1.68. The number of aliphatic hydroxyl groups is 1. The molecule has 0 bridgehead atoms. The first-order chi connectivity index (χ1) is 9.93. The summed E-state index contributed by atoms with van der Waals surface area (Å²) in [6, 6.07) is 6.96. The van der Waals surface area contributed by atoms with Gasteiger partial charge in [-0.2, -0.15) is 0 Å². The highest BCUT2D eigenvalue weighted by atomic mass is 19.1. The van der Waals surface area contributed by atoms with Crippen LogP contribution in [0.1, 0.15) is 32.4 Å². The molecule has 2 N–H and O–H groups in total. The maximum atomic E-state index is 13.8. The van der Waals surface area contributed by atoms with Crippen LogP contribution in [0.4, 0.5) is 10.1 Å². The number of anilines is 1. The average Bonchev–Trinajstić information content (AvgIpc) is 2.44. The summed E-state index contributed by atoms with van der Waals surface area (Å²) in [6.45, 7) is 6.95. The molecule has 0 fully saturated rings. The van der Waals surface area contributed by atoms with Crippen molar-refractivity contribution in [3.63, 3.8) is 0 Å². The van der Waals surface area contributed by atoms with Crippen LogP contribution in [0.3, 0.4) is 0 Å². The first-order valence-electron chi connectivity index (χ1n) is 7.33. The number of nitrogens with zero attached hydrogens (tertiary/aromatic N) is 1. The molecule has 114 valence electrons. The number of fused-ring (bicyclic) bond motifs is 1. The highest BCUT2D eigenvalue weighted by Gasteiger charge is 2.15. The van der Waals surface area contributed by atoms with Crippen LogP contribution in [0, 0.1) is 18.2 Å². The molecule has 0 aliphatic rings. The topological polar surface area (TPSA) is 45.1 Å². The lowest BCUT2D eigenvalue weighted by Gasteiger charge is -2.21. The second-order valence-corrected chi connectivity index (χ2v) is 6.30. The molecule has 0 unspecified atom stereocenters. The Labute approximate surface area is 125 Å². The standard InChI is InChI=1S/C17H23FN2O/c1-12-10-15(19-9-5-8-17(2,3)11-21)13-6-4-7-14(18)16(13)20-12/h4,6-7,10,21H,5,8-9,11H2,1-3H3,(H,19,20). The maximum absolute atomic E-state index is 13.8. The van der Waals surface area contributed by atoms with Gasteiger partial charge in [0.1, 0.15) is 11.3 Å². The average molecular weight is 290 g/mol. The Morgan fingerprint density at radius 2 is 2.10 bits per heavy atom. The van der Waals surface area contributed by atoms with Gasteiger partial charge in [0, 0.05) is 29.9 Å². The molecular formula is C17H23FN2O. The van der Waals surface area contributed by atoms with Gasteiger partial charge in [0.15, 0.2) is 0 Å². The second-order valence-electron chi connectivity index (χ2n) is 6.30. The third kappa shape index (κ3) is 3.91. The zero-order valence-corrected chi connectivity index (χ0v) is 12.9. The molecule has 3 nitrogen and oxygen atoms in total. The summed E-state index contributed by atoms with van der Waals surface area (Å²) in [5.74, 6) is -0.291. The molecular weight excluding hydrogens is 267 g/mol. The van der Waals surface area contributed by atoms with E-state index in [-0.39, 0.29) is 17.8 Å². The van der Waals surface area contributed by atoms with Crippen LogP contribution >= 0.6 is 0 Å². The Morgan fingerprint density at radius 1 is 1.33 bits per heavy atom. The Balaban J connectivity index is 2.10. The highest BCUT2D eigenvalue weighted by molar-refractivity contribution is 5.91. The molecule has 1 aromatic carbocycles. The van der Waals surface area contributed by atoms with Crippen LogP contribution < -0.4 is 5.32 Å². The van der Waals surface area contributed by atoms with Crippen molar-refractivity contribution in [2.24, 2.45) is 5.41 Å². The molecule has 0 aliphatic heterocycles. The largest absolute Gasteiger partial charge is 0.396 e. The molecule has 0 atom stereocenters. The maximum Gasteiger partial charge on any atom is 0.149 e. The van der Waals surface area contributed by atoms with Gasteiger partial charge in [-0.1, -0.05) is 26.0 Å². The van der Waals surface area contributed by atoms with E-state index in [1.807, 2.05) is 32.9 Å². The van der Waals surface area contributed by atoms with Gasteiger partial charge in [-0.15, -0.1) is 0 Å². The monoisotopic (exact) mass is 290 g/mol. The van der Waals surface area contributed by atoms with Gasteiger partial charge >= 0.3 is 0 Å². The molecule has 21 heavy (non-hydrogen) atoms. The van der Waals surface area contributed by atoms with Crippen LogP contribution in [-0.4, -0.2) is 23.2 Å². The summed E-state index contributed by atoms with van der Waals surface area (Å²) in [5, 5.41) is 13.4. The number of aryl methyl sites for hydroxylation is 1. The minimum atomic E-state index is -0.291. The fourth-order valence-electron chi connectivity index (χ4n) is 2.36. The number of hydrogen-bond acceptors (Lipinski definition) is 3. The fourth-order valence-corrected chi connectivity index (χ4v) is 2.36. The molecule has 2 rings (SSSR count). The summed E-state index contributed by atoms with van der Waals surface area (Å²) >= 11 is 0. The molecule has 0 radical (unpaired) electrons. The van der Waals surface area contributed by atoms with Crippen LogP contribution in [0.5, 0.6) is 0 Å². The van der Waals surface area contributed by atoms with Gasteiger partial charge in [0.25, 0.3) is 0 Å². The number of para-hydroxylation sites is 1. The van der Waals surface area contributed by atoms with Gasteiger partial charge in [-0.3, -0.25) is 0 Å². The number of aliphatic hydroxyl groups excluding tert-OH is 1. The van der Waals surface area contributed by atoms with Crippen molar-refractivity contribution in [2.45, 2.75) is 33.6 Å². The summed E-state index contributed by atoms with van der Waals surface area (Å²) in [5.41, 5.74) is 2.07. The van der Waals surface area contributed by atoms with Crippen LogP contribution in [0.2, 0.25) is 0 Å². The van der Waals surface area contributed by atoms with Gasteiger partial charge in [-0.25, -0.2) is 9.37 Å². The third-order valence-electron chi connectivity index (χ3n) is 3.69. The van der Waals surface area contributed by atoms with Crippen molar-refractivity contribution in [1.82, 2.24) is 4.98 Å². The van der Waals surface area contributed by atoms with Crippen molar-refractivity contribution in [3.05, 3.63) is 35.8 Å². The molecule has 0 saturated carbocycles. The molecule has 0 amide bonds. The zero-order valence-electron chi connectivity index (χ0n) is 12.9. The molecule has 0 saturated heterocycles. The van der Waals surface area contributed by atoms with E-state index in [9.17, 15) is 9.50 Å². The fraction of sp³-hybridized carbons (Fsp3) is 0.471. The zero-order chi connectivity index (χ0) is 15.5. The third-order valence-corrected chi connectivity index (χ3v) is 3.69. The number of nitrogens with one attached hydrogen (secondary N) is 1. The minimum absolute atomic E-state index is 0.0516. The van der Waals surface area contributed by atoms with E-state index in [1.54, 1.807) is 6.07 Å². The van der Waals surface area contributed by atoms with E-state index in [1.165, 1.54) is 6.07 Å². The van der Waals surface area contributed by atoms with Crippen LogP contribution in [0.15, 0.2) is 24.3 Å². The lowest BCUT2D eigenvalue weighted by Crippen LogP contribution is -2.18. The predicted molar refractivity (Wildman–Crippen MR) is 85.0 cm³/mol. The summed E-state index contributed by atoms with van der Waals surface area (Å²) in [7, 11) is 0. The Kier molecular flexibility index (Phi) is 4.78. The van der Waals surface area contributed by atoms with E-state index >= 15 is 0 Å². The summed E-state index contributed by atoms with van der Waals surface area (Å²) in [6.07, 6.45) is 1.89. The second kappa shape index (κ2) is 6.39. The quantitative estimate of drug-likeness (QED) is 0.793. The van der Waals surface area contributed by atoms with E-state index in [2.05, 4.69) is 10.3 Å². The number of benzene rings is 1. The van der Waals surface area contributed by atoms with Gasteiger partial charge in [0.05, 0.1) is 0 Å². The number of halogens is 1. The van der Waals surface area contributed by atoms with E-state index in [0.717, 1.165) is 36.2 Å². The highest BCUT2D eigenvalue weighted by Crippen LogP contribution is 2.26. The SMILES string of the molecule is Cc1cc(NCCCC(C)(C)CO)c2cccc(F)c2n1. The number of pyridine rings is 1. The predicted octanol–water partition coefficient (Wildman–Crippen LogP) is 3.89. The van der Waals surface area contributed by atoms with Gasteiger partial charge in [0.2, 0.25) is 0 Å². The van der Waals surface area contributed by atoms with Crippen LogP contribution in [0.25, 0.3) is 10.9 Å². The number of rotatable bonds is 6. The van der Waals surface area contributed by atoms with Crippen molar-refractivity contribution >= 4 is 16.6 Å². The molecule has 1 heterocycles. The van der Waals surface area contributed by atoms with E-state index in [0.29, 0.717) is 5.52 Å². The Morgan fingerprint density at radius 3 is 2.81 bits per heavy atom. The normalized spacial score (nSPS) is 11.9. The summed E-state index contributed by atoms with van der Waals surface area (Å²) in [4.78, 5) is 4.27. The first kappa shape index (κ1) is 15.7. The molecule has 0 aliphatic carbocycles. The molecule has 2 aromatic rings. The van der Waals surface area contributed by atoms with Gasteiger partial charge < -0.3 is 10.4 Å². The number of aromatic nitrogens is 1. The molecule has 1 aromatic heterocycles.